The molecule has 4 aromatic carbocycles. The van der Waals surface area contributed by atoms with Crippen LogP contribution in [0.5, 0.6) is 0 Å². The maximum absolute atomic E-state index is 13.5. The number of anilines is 2. The van der Waals surface area contributed by atoms with Gasteiger partial charge in [0, 0.05) is 23.1 Å². The number of hydrazine groups is 1. The summed E-state index contributed by atoms with van der Waals surface area (Å²) < 4.78 is 24.5. The zero-order chi connectivity index (χ0) is 30.1. The number of hydrogen-bond acceptors (Lipinski definition) is 6. The van der Waals surface area contributed by atoms with Crippen LogP contribution in [-0.4, -0.2) is 42.5 Å². The van der Waals surface area contributed by atoms with E-state index in [0.717, 1.165) is 17.3 Å². The molecule has 0 spiro atoms. The number of aliphatic imine (C=N–C) groups is 1. The highest BCUT2D eigenvalue weighted by Gasteiger charge is 2.17. The second-order valence-electron chi connectivity index (χ2n) is 9.24. The van der Waals surface area contributed by atoms with Crippen molar-refractivity contribution in [2.75, 3.05) is 22.8 Å². The SMILES string of the molecule is CCSC(=O)N=C(N)c1cccc(NN(Cc2ccccc2)C(=O)Nc2ccc(-c3ccccc3S(C)(=O)=O)cc2)c1. The topological polar surface area (TPSA) is 134 Å². The molecule has 0 heterocycles. The van der Waals surface area contributed by atoms with E-state index >= 15 is 0 Å². The van der Waals surface area contributed by atoms with Gasteiger partial charge in [-0.2, -0.15) is 4.99 Å². The van der Waals surface area contributed by atoms with E-state index in [0.29, 0.717) is 33.8 Å². The summed E-state index contributed by atoms with van der Waals surface area (Å²) in [7, 11) is -3.42. The van der Waals surface area contributed by atoms with Crippen molar-refractivity contribution in [3.8, 4) is 11.1 Å². The molecule has 0 aliphatic heterocycles. The van der Waals surface area contributed by atoms with Gasteiger partial charge >= 0.3 is 11.3 Å². The average Bonchev–Trinajstić information content (AvgIpc) is 2.97. The third kappa shape index (κ3) is 8.21. The summed E-state index contributed by atoms with van der Waals surface area (Å²) in [6.07, 6.45) is 1.18. The number of carbonyl (C=O) groups excluding carboxylic acids is 2. The van der Waals surface area contributed by atoms with E-state index in [9.17, 15) is 18.0 Å². The molecule has 0 atom stereocenters. The summed E-state index contributed by atoms with van der Waals surface area (Å²) in [5.41, 5.74) is 13.0. The maximum atomic E-state index is 13.5. The van der Waals surface area contributed by atoms with E-state index < -0.39 is 15.9 Å². The van der Waals surface area contributed by atoms with Gasteiger partial charge in [-0.25, -0.2) is 18.2 Å². The smallest absolute Gasteiger partial charge is 0.340 e. The first-order chi connectivity index (χ1) is 20.1. The Morgan fingerprint density at radius 2 is 1.57 bits per heavy atom. The Morgan fingerprint density at radius 1 is 0.881 bits per heavy atom. The fourth-order valence-electron chi connectivity index (χ4n) is 4.10. The Balaban J connectivity index is 1.55. The van der Waals surface area contributed by atoms with Crippen molar-refractivity contribution in [1.29, 1.82) is 0 Å². The molecule has 216 valence electrons. The highest BCUT2D eigenvalue weighted by Crippen LogP contribution is 2.28. The fraction of sp³-hybridized carbons (Fsp3) is 0.129. The predicted octanol–water partition coefficient (Wildman–Crippen LogP) is 6.40. The molecule has 0 bridgehead atoms. The van der Waals surface area contributed by atoms with Gasteiger partial charge in [0.05, 0.1) is 17.1 Å². The quantitative estimate of drug-likeness (QED) is 0.115. The number of rotatable bonds is 9. The Bertz CT molecular complexity index is 1690. The average molecular weight is 602 g/mol. The number of sulfone groups is 1. The summed E-state index contributed by atoms with van der Waals surface area (Å²) in [5, 5.41) is 3.95. The number of nitrogens with zero attached hydrogens (tertiary/aromatic N) is 2. The van der Waals surface area contributed by atoms with Crippen LogP contribution in [0.4, 0.5) is 21.0 Å². The third-order valence-corrected chi connectivity index (χ3v) is 7.85. The lowest BCUT2D eigenvalue weighted by atomic mass is 10.1. The summed E-state index contributed by atoms with van der Waals surface area (Å²) in [4.78, 5) is 29.6. The molecule has 9 nitrogen and oxygen atoms in total. The lowest BCUT2D eigenvalue weighted by molar-refractivity contribution is 0.220. The Kier molecular flexibility index (Phi) is 10.00. The van der Waals surface area contributed by atoms with Gasteiger partial charge < -0.3 is 11.1 Å². The number of amidine groups is 1. The number of hydrogen-bond donors (Lipinski definition) is 3. The molecule has 0 unspecified atom stereocenters. The molecule has 0 aliphatic rings. The van der Waals surface area contributed by atoms with Gasteiger partial charge in [0.15, 0.2) is 9.84 Å². The van der Waals surface area contributed by atoms with E-state index in [2.05, 4.69) is 15.7 Å². The van der Waals surface area contributed by atoms with Crippen LogP contribution in [0.1, 0.15) is 18.1 Å². The third-order valence-electron chi connectivity index (χ3n) is 6.06. The molecule has 0 saturated heterocycles. The maximum Gasteiger partial charge on any atom is 0.340 e. The normalized spacial score (nSPS) is 11.5. The number of carbonyl (C=O) groups is 2. The van der Waals surface area contributed by atoms with Crippen LogP contribution in [0.15, 0.2) is 113 Å². The van der Waals surface area contributed by atoms with Crippen LogP contribution < -0.4 is 16.5 Å². The van der Waals surface area contributed by atoms with Crippen molar-refractivity contribution in [3.63, 3.8) is 0 Å². The number of thioether (sulfide) groups is 1. The van der Waals surface area contributed by atoms with E-state index in [4.69, 9.17) is 5.73 Å². The standard InChI is InChI=1S/C31H31N5O4S2/c1-3-41-31(38)34-29(32)24-12-9-13-26(20-24)35-36(21-22-10-5-4-6-11-22)30(37)33-25-18-16-23(17-19-25)27-14-7-8-15-28(27)42(2,39)40/h4-20,35H,3,21H2,1-2H3,(H,33,37)(H2,32,34,38). The van der Waals surface area contributed by atoms with Crippen molar-refractivity contribution >= 4 is 50.1 Å². The minimum Gasteiger partial charge on any atom is -0.383 e. The first kappa shape index (κ1) is 30.4. The lowest BCUT2D eigenvalue weighted by Crippen LogP contribution is -2.39. The van der Waals surface area contributed by atoms with Crippen molar-refractivity contribution in [1.82, 2.24) is 5.01 Å². The summed E-state index contributed by atoms with van der Waals surface area (Å²) in [6, 6.07) is 29.8. The van der Waals surface area contributed by atoms with Crippen molar-refractivity contribution in [2.45, 2.75) is 18.4 Å². The molecule has 3 amide bonds. The highest BCUT2D eigenvalue weighted by molar-refractivity contribution is 8.13. The van der Waals surface area contributed by atoms with Gasteiger partial charge in [0.25, 0.3) is 0 Å². The molecular formula is C31H31N5O4S2. The molecule has 0 aromatic heterocycles. The Hall–Kier alpha value is -4.61. The second-order valence-corrected chi connectivity index (χ2v) is 12.4. The van der Waals surface area contributed by atoms with Crippen LogP contribution in [0, 0.1) is 0 Å². The molecule has 4 aromatic rings. The van der Waals surface area contributed by atoms with Gasteiger partial charge in [0.2, 0.25) is 0 Å². The van der Waals surface area contributed by atoms with Gasteiger partial charge in [-0.15, -0.1) is 0 Å². The first-order valence-electron chi connectivity index (χ1n) is 13.0. The van der Waals surface area contributed by atoms with Gasteiger partial charge in [0.1, 0.15) is 5.84 Å². The molecule has 0 saturated carbocycles. The number of urea groups is 1. The van der Waals surface area contributed by atoms with E-state index in [1.165, 1.54) is 11.3 Å². The summed E-state index contributed by atoms with van der Waals surface area (Å²) >= 11 is 1.07. The largest absolute Gasteiger partial charge is 0.383 e. The highest BCUT2D eigenvalue weighted by atomic mass is 32.2. The number of nitrogens with one attached hydrogen (secondary N) is 2. The van der Waals surface area contributed by atoms with Crippen molar-refractivity contribution in [2.24, 2.45) is 10.7 Å². The number of benzene rings is 4. The molecule has 11 heteroatoms. The molecule has 4 N–H and O–H groups in total. The summed E-state index contributed by atoms with van der Waals surface area (Å²) in [5.74, 6) is 0.679. The molecule has 4 rings (SSSR count). The van der Waals surface area contributed by atoms with Crippen LogP contribution in [-0.2, 0) is 16.4 Å². The first-order valence-corrected chi connectivity index (χ1v) is 15.9. The predicted molar refractivity (Wildman–Crippen MR) is 170 cm³/mol. The van der Waals surface area contributed by atoms with E-state index in [1.807, 2.05) is 37.3 Å². The molecule has 0 aliphatic carbocycles. The van der Waals surface area contributed by atoms with E-state index in [1.54, 1.807) is 72.8 Å². The van der Waals surface area contributed by atoms with Crippen LogP contribution in [0.3, 0.4) is 0 Å². The van der Waals surface area contributed by atoms with Gasteiger partial charge in [-0.05, 0) is 47.2 Å². The van der Waals surface area contributed by atoms with Crippen LogP contribution in [0.25, 0.3) is 11.1 Å². The molecule has 0 radical (unpaired) electrons. The molecular weight excluding hydrogens is 571 g/mol. The Labute approximate surface area is 249 Å². The zero-order valence-electron chi connectivity index (χ0n) is 23.2. The number of nitrogens with two attached hydrogens (primary N) is 1. The Morgan fingerprint density at radius 3 is 2.26 bits per heavy atom. The number of amides is 3. The van der Waals surface area contributed by atoms with Gasteiger partial charge in [-0.1, -0.05) is 91.5 Å². The van der Waals surface area contributed by atoms with Gasteiger partial charge in [-0.3, -0.25) is 10.2 Å². The summed E-state index contributed by atoms with van der Waals surface area (Å²) in [6.45, 7) is 2.10. The minimum atomic E-state index is -3.42. The van der Waals surface area contributed by atoms with Crippen molar-refractivity contribution in [3.05, 3.63) is 114 Å². The van der Waals surface area contributed by atoms with Crippen LogP contribution in [0.2, 0.25) is 0 Å². The fourth-order valence-corrected chi connectivity index (χ4v) is 5.42. The second kappa shape index (κ2) is 13.8. The van der Waals surface area contributed by atoms with E-state index in [-0.39, 0.29) is 22.5 Å². The van der Waals surface area contributed by atoms with Crippen molar-refractivity contribution < 1.29 is 18.0 Å². The minimum absolute atomic E-state index is 0.0844. The van der Waals surface area contributed by atoms with Crippen LogP contribution >= 0.6 is 11.8 Å². The monoisotopic (exact) mass is 601 g/mol. The lowest BCUT2D eigenvalue weighted by Gasteiger charge is -2.25. The molecule has 42 heavy (non-hydrogen) atoms. The zero-order valence-corrected chi connectivity index (χ0v) is 24.8. The molecule has 0 fully saturated rings.